The molecule has 0 saturated carbocycles. The first kappa shape index (κ1) is 17.8. The maximum Gasteiger partial charge on any atom is 0.103 e. The molecule has 1 saturated heterocycles. The lowest BCUT2D eigenvalue weighted by molar-refractivity contribution is 0.281. The van der Waals surface area contributed by atoms with Gasteiger partial charge in [0, 0.05) is 36.8 Å². The normalized spacial score (nSPS) is 17.3. The zero-order valence-corrected chi connectivity index (χ0v) is 16.2. The number of hydrogen-bond donors (Lipinski definition) is 0. The lowest BCUT2D eigenvalue weighted by Crippen LogP contribution is -2.28. The van der Waals surface area contributed by atoms with E-state index in [1.54, 1.807) is 11.3 Å². The van der Waals surface area contributed by atoms with Gasteiger partial charge in [-0.1, -0.05) is 0 Å². The van der Waals surface area contributed by atoms with Gasteiger partial charge in [0.1, 0.15) is 6.07 Å². The Morgan fingerprint density at radius 2 is 2.16 bits per heavy atom. The van der Waals surface area contributed by atoms with Crippen LogP contribution in [0, 0.1) is 38.0 Å². The van der Waals surface area contributed by atoms with Gasteiger partial charge in [-0.3, -0.25) is 4.98 Å². The zero-order chi connectivity index (χ0) is 18.0. The highest BCUT2D eigenvalue weighted by Gasteiger charge is 2.26. The van der Waals surface area contributed by atoms with E-state index in [1.165, 1.54) is 4.88 Å². The van der Waals surface area contributed by atoms with E-state index in [4.69, 9.17) is 0 Å². The van der Waals surface area contributed by atoms with E-state index < -0.39 is 0 Å². The highest BCUT2D eigenvalue weighted by Crippen LogP contribution is 2.29. The fourth-order valence-corrected chi connectivity index (χ4v) is 4.48. The number of anilines is 1. The second-order valence-corrected chi connectivity index (χ2v) is 7.95. The van der Waals surface area contributed by atoms with Gasteiger partial charge in [0.15, 0.2) is 0 Å². The molecule has 3 rings (SSSR count). The molecule has 0 amide bonds. The second kappa shape index (κ2) is 7.51. The average Bonchev–Trinajstić information content (AvgIpc) is 3.16. The van der Waals surface area contributed by atoms with E-state index >= 15 is 0 Å². The summed E-state index contributed by atoms with van der Waals surface area (Å²) in [4.78, 5) is 14.9. The van der Waals surface area contributed by atoms with Gasteiger partial charge in [0.05, 0.1) is 28.1 Å². The molecule has 132 valence electrons. The number of aromatic nitrogens is 2. The number of aryl methyl sites for hydroxylation is 3. The Hall–Kier alpha value is -1.97. The van der Waals surface area contributed by atoms with Crippen LogP contribution in [0.1, 0.15) is 33.9 Å². The molecule has 2 aromatic rings. The summed E-state index contributed by atoms with van der Waals surface area (Å²) in [7, 11) is 2.18. The van der Waals surface area contributed by atoms with Crippen LogP contribution in [0.4, 0.5) is 5.69 Å². The van der Waals surface area contributed by atoms with Crippen molar-refractivity contribution in [2.75, 3.05) is 31.6 Å². The van der Waals surface area contributed by atoms with E-state index in [2.05, 4.69) is 45.9 Å². The second-order valence-electron chi connectivity index (χ2n) is 7.01. The summed E-state index contributed by atoms with van der Waals surface area (Å²) >= 11 is 1.74. The molecule has 1 atom stereocenters. The standard InChI is InChI=1S/C19H25N5S/c1-13-7-18(17(8-20)14(2)22-13)24-6-5-16(10-24)9-23(4)11-19-15(3)21-12-25-19/h7,12,16H,5-6,9-11H2,1-4H3/t16-/m1/s1. The van der Waals surface area contributed by atoms with Gasteiger partial charge in [0.2, 0.25) is 0 Å². The van der Waals surface area contributed by atoms with Gasteiger partial charge in [-0.25, -0.2) is 4.98 Å². The van der Waals surface area contributed by atoms with E-state index in [1.807, 2.05) is 19.4 Å². The number of nitriles is 1. The molecule has 1 aliphatic heterocycles. The van der Waals surface area contributed by atoms with Crippen LogP contribution in [0.5, 0.6) is 0 Å². The molecule has 0 unspecified atom stereocenters. The molecule has 0 aromatic carbocycles. The van der Waals surface area contributed by atoms with Crippen LogP contribution in [0.25, 0.3) is 0 Å². The first-order chi connectivity index (χ1) is 12.0. The molecule has 5 nitrogen and oxygen atoms in total. The lowest BCUT2D eigenvalue weighted by Gasteiger charge is -2.23. The Balaban J connectivity index is 1.64. The molecule has 6 heteroatoms. The van der Waals surface area contributed by atoms with Gasteiger partial charge < -0.3 is 9.80 Å². The summed E-state index contributed by atoms with van der Waals surface area (Å²) in [5, 5.41) is 9.50. The molecule has 3 heterocycles. The Kier molecular flexibility index (Phi) is 5.36. The van der Waals surface area contributed by atoms with Crippen LogP contribution in [-0.2, 0) is 6.54 Å². The number of pyridine rings is 1. The van der Waals surface area contributed by atoms with Crippen molar-refractivity contribution in [2.45, 2.75) is 33.7 Å². The maximum absolute atomic E-state index is 9.50. The van der Waals surface area contributed by atoms with E-state index in [0.717, 1.165) is 60.9 Å². The van der Waals surface area contributed by atoms with Crippen molar-refractivity contribution >= 4 is 17.0 Å². The number of thiazole rings is 1. The van der Waals surface area contributed by atoms with Crippen LogP contribution in [0.3, 0.4) is 0 Å². The molecule has 25 heavy (non-hydrogen) atoms. The predicted molar refractivity (Wildman–Crippen MR) is 102 cm³/mol. The quantitative estimate of drug-likeness (QED) is 0.824. The fraction of sp³-hybridized carbons (Fsp3) is 0.526. The van der Waals surface area contributed by atoms with E-state index in [-0.39, 0.29) is 0 Å². The van der Waals surface area contributed by atoms with Crippen molar-refractivity contribution in [3.63, 3.8) is 0 Å². The van der Waals surface area contributed by atoms with Crippen LogP contribution in [0.15, 0.2) is 11.6 Å². The first-order valence-corrected chi connectivity index (χ1v) is 9.56. The molecule has 1 aliphatic rings. The van der Waals surface area contributed by atoms with Gasteiger partial charge >= 0.3 is 0 Å². The van der Waals surface area contributed by atoms with Crippen LogP contribution >= 0.6 is 11.3 Å². The molecule has 0 aliphatic carbocycles. The van der Waals surface area contributed by atoms with Gasteiger partial charge in [-0.05, 0) is 46.2 Å². The van der Waals surface area contributed by atoms with Crippen LogP contribution < -0.4 is 4.90 Å². The van der Waals surface area contributed by atoms with Gasteiger partial charge in [0.25, 0.3) is 0 Å². The SMILES string of the molecule is Cc1cc(N2CC[C@H](CN(C)Cc3scnc3C)C2)c(C#N)c(C)n1. The number of hydrogen-bond acceptors (Lipinski definition) is 6. The molecule has 0 spiro atoms. The Morgan fingerprint density at radius 3 is 2.84 bits per heavy atom. The third kappa shape index (κ3) is 4.00. The minimum atomic E-state index is 0.624. The first-order valence-electron chi connectivity index (χ1n) is 8.68. The molecular formula is C19H25N5S. The van der Waals surface area contributed by atoms with Gasteiger partial charge in [-0.2, -0.15) is 5.26 Å². The summed E-state index contributed by atoms with van der Waals surface area (Å²) in [6, 6.07) is 4.39. The third-order valence-corrected chi connectivity index (χ3v) is 5.79. The minimum Gasteiger partial charge on any atom is -0.370 e. The largest absolute Gasteiger partial charge is 0.370 e. The highest BCUT2D eigenvalue weighted by molar-refractivity contribution is 7.09. The number of nitrogens with zero attached hydrogens (tertiary/aromatic N) is 5. The highest BCUT2D eigenvalue weighted by atomic mass is 32.1. The Morgan fingerprint density at radius 1 is 1.36 bits per heavy atom. The van der Waals surface area contributed by atoms with Crippen LogP contribution in [-0.4, -0.2) is 41.5 Å². The Labute approximate surface area is 153 Å². The summed E-state index contributed by atoms with van der Waals surface area (Å²) in [6.07, 6.45) is 1.16. The van der Waals surface area contributed by atoms with Crippen molar-refractivity contribution in [1.29, 1.82) is 5.26 Å². The molecule has 0 N–H and O–H groups in total. The van der Waals surface area contributed by atoms with Crippen molar-refractivity contribution < 1.29 is 0 Å². The smallest absolute Gasteiger partial charge is 0.103 e. The number of rotatable bonds is 5. The van der Waals surface area contributed by atoms with Crippen LogP contribution in [0.2, 0.25) is 0 Å². The summed E-state index contributed by atoms with van der Waals surface area (Å²) < 4.78 is 0. The molecule has 2 aromatic heterocycles. The Bertz CT molecular complexity index is 792. The monoisotopic (exact) mass is 355 g/mol. The third-order valence-electron chi connectivity index (χ3n) is 4.87. The lowest BCUT2D eigenvalue weighted by atomic mass is 10.1. The molecular weight excluding hydrogens is 330 g/mol. The fourth-order valence-electron chi connectivity index (χ4n) is 3.62. The molecule has 1 fully saturated rings. The van der Waals surface area contributed by atoms with Crippen molar-refractivity contribution in [3.8, 4) is 6.07 Å². The summed E-state index contributed by atoms with van der Waals surface area (Å²) in [6.45, 7) is 10.0. The maximum atomic E-state index is 9.50. The molecule has 0 bridgehead atoms. The summed E-state index contributed by atoms with van der Waals surface area (Å²) in [5.74, 6) is 0.624. The average molecular weight is 356 g/mol. The minimum absolute atomic E-state index is 0.624. The molecule has 0 radical (unpaired) electrons. The topological polar surface area (TPSA) is 56.0 Å². The van der Waals surface area contributed by atoms with E-state index in [0.29, 0.717) is 5.92 Å². The van der Waals surface area contributed by atoms with Crippen molar-refractivity contribution in [1.82, 2.24) is 14.9 Å². The van der Waals surface area contributed by atoms with E-state index in [9.17, 15) is 5.26 Å². The summed E-state index contributed by atoms with van der Waals surface area (Å²) in [5.41, 5.74) is 6.65. The van der Waals surface area contributed by atoms with Crippen molar-refractivity contribution in [2.24, 2.45) is 5.92 Å². The van der Waals surface area contributed by atoms with Crippen molar-refractivity contribution in [3.05, 3.63) is 39.1 Å². The predicted octanol–water partition coefficient (Wildman–Crippen LogP) is 3.29. The van der Waals surface area contributed by atoms with Gasteiger partial charge in [-0.15, -0.1) is 11.3 Å². The zero-order valence-electron chi connectivity index (χ0n) is 15.4.